The van der Waals surface area contributed by atoms with Gasteiger partial charge in [-0.15, -0.1) is 0 Å². The van der Waals surface area contributed by atoms with Crippen LogP contribution in [-0.4, -0.2) is 44.1 Å². The van der Waals surface area contributed by atoms with Gasteiger partial charge in [0.05, 0.1) is 35.9 Å². The molecule has 0 saturated heterocycles. The lowest BCUT2D eigenvalue weighted by Crippen LogP contribution is -2.24. The minimum Gasteiger partial charge on any atom is -0.478 e. The molecule has 2 rings (SSSR count). The number of hydrogen-bond donors (Lipinski definition) is 3. The Hall–Kier alpha value is -2.13. The minimum atomic E-state index is -4.85. The molecule has 2 aromatic rings. The molecular formula is C12H11F3N2O4. The first-order valence-electron chi connectivity index (χ1n) is 5.84. The van der Waals surface area contributed by atoms with Gasteiger partial charge in [-0.05, 0) is 12.1 Å². The van der Waals surface area contributed by atoms with Gasteiger partial charge in [0.15, 0.2) is 0 Å². The molecule has 3 N–H and O–H groups in total. The van der Waals surface area contributed by atoms with Gasteiger partial charge in [-0.25, -0.2) is 9.78 Å². The first-order chi connectivity index (χ1) is 9.81. The average Bonchev–Trinajstić information content (AvgIpc) is 2.80. The third-order valence-corrected chi connectivity index (χ3v) is 2.98. The van der Waals surface area contributed by atoms with Gasteiger partial charge >= 0.3 is 12.1 Å². The number of imidazole rings is 1. The summed E-state index contributed by atoms with van der Waals surface area (Å²) in [6.07, 6.45) is -4.85. The maximum atomic E-state index is 13.1. The van der Waals surface area contributed by atoms with E-state index < -0.39 is 37.2 Å². The number of aliphatic hydroxyl groups is 2. The van der Waals surface area contributed by atoms with E-state index in [0.29, 0.717) is 4.57 Å². The molecule has 0 bridgehead atoms. The molecule has 9 heteroatoms. The van der Waals surface area contributed by atoms with Gasteiger partial charge in [0.1, 0.15) is 0 Å². The van der Waals surface area contributed by atoms with Crippen LogP contribution in [-0.2, 0) is 6.18 Å². The summed E-state index contributed by atoms with van der Waals surface area (Å²) >= 11 is 0. The molecule has 0 atom stereocenters. The number of benzene rings is 1. The standard InChI is InChI=1S/C12H11F3N2O4/c13-12(14,15)11-16-8-3-1-2-7(10(20)21)9(8)17(11)6(4-18)5-19/h1-3,6,18-19H,4-5H2,(H,20,21). The van der Waals surface area contributed by atoms with Crippen LogP contribution in [0.4, 0.5) is 13.2 Å². The van der Waals surface area contributed by atoms with Crippen molar-refractivity contribution < 1.29 is 33.3 Å². The van der Waals surface area contributed by atoms with Crippen molar-refractivity contribution >= 4 is 17.0 Å². The van der Waals surface area contributed by atoms with E-state index in [1.54, 1.807) is 0 Å². The molecular weight excluding hydrogens is 293 g/mol. The molecule has 0 aliphatic carbocycles. The Kier molecular flexibility index (Phi) is 3.88. The van der Waals surface area contributed by atoms with Crippen molar-refractivity contribution in [3.63, 3.8) is 0 Å². The highest BCUT2D eigenvalue weighted by Crippen LogP contribution is 2.34. The van der Waals surface area contributed by atoms with Gasteiger partial charge in [0.25, 0.3) is 0 Å². The van der Waals surface area contributed by atoms with Crippen LogP contribution in [0.2, 0.25) is 0 Å². The van der Waals surface area contributed by atoms with Crippen LogP contribution in [0.1, 0.15) is 22.2 Å². The van der Waals surface area contributed by atoms with Gasteiger partial charge in [-0.3, -0.25) is 0 Å². The van der Waals surface area contributed by atoms with E-state index in [0.717, 1.165) is 6.07 Å². The van der Waals surface area contributed by atoms with E-state index >= 15 is 0 Å². The number of fused-ring (bicyclic) bond motifs is 1. The highest BCUT2D eigenvalue weighted by Gasteiger charge is 2.40. The number of hydrogen-bond acceptors (Lipinski definition) is 4. The van der Waals surface area contributed by atoms with Gasteiger partial charge in [0.2, 0.25) is 5.82 Å². The molecule has 0 amide bonds. The molecule has 0 spiro atoms. The van der Waals surface area contributed by atoms with Crippen LogP contribution >= 0.6 is 0 Å². The number of halogens is 3. The van der Waals surface area contributed by atoms with E-state index in [4.69, 9.17) is 15.3 Å². The smallest absolute Gasteiger partial charge is 0.449 e. The van der Waals surface area contributed by atoms with Crippen LogP contribution in [0, 0.1) is 0 Å². The number of carboxylic acid groups (broad SMARTS) is 1. The monoisotopic (exact) mass is 304 g/mol. The maximum absolute atomic E-state index is 13.1. The number of rotatable bonds is 4. The zero-order valence-electron chi connectivity index (χ0n) is 10.5. The van der Waals surface area contributed by atoms with Crippen LogP contribution < -0.4 is 0 Å². The fourth-order valence-corrected chi connectivity index (χ4v) is 2.10. The molecule has 114 valence electrons. The summed E-state index contributed by atoms with van der Waals surface area (Å²) in [5, 5.41) is 27.4. The Morgan fingerprint density at radius 2 is 1.90 bits per heavy atom. The van der Waals surface area contributed by atoms with Crippen molar-refractivity contribution in [2.75, 3.05) is 13.2 Å². The normalized spacial score (nSPS) is 12.3. The van der Waals surface area contributed by atoms with Crippen LogP contribution in [0.5, 0.6) is 0 Å². The Morgan fingerprint density at radius 1 is 1.29 bits per heavy atom. The number of carboxylic acids is 1. The lowest BCUT2D eigenvalue weighted by atomic mass is 10.1. The second kappa shape index (κ2) is 5.34. The Morgan fingerprint density at radius 3 is 2.38 bits per heavy atom. The zero-order valence-corrected chi connectivity index (χ0v) is 10.5. The van der Waals surface area contributed by atoms with Gasteiger partial charge in [-0.1, -0.05) is 6.07 Å². The predicted molar refractivity (Wildman–Crippen MR) is 64.9 cm³/mol. The third kappa shape index (κ3) is 2.57. The molecule has 0 aliphatic heterocycles. The Bertz CT molecular complexity index is 677. The lowest BCUT2D eigenvalue weighted by Gasteiger charge is -2.19. The second-order valence-electron chi connectivity index (χ2n) is 4.30. The molecule has 0 fully saturated rings. The van der Waals surface area contributed by atoms with Crippen LogP contribution in [0.15, 0.2) is 18.2 Å². The number of aromatic carboxylic acids is 1. The third-order valence-electron chi connectivity index (χ3n) is 2.98. The van der Waals surface area contributed by atoms with Gasteiger partial charge < -0.3 is 19.9 Å². The summed E-state index contributed by atoms with van der Waals surface area (Å²) in [6.45, 7) is -1.59. The zero-order chi connectivity index (χ0) is 15.8. The predicted octanol–water partition coefficient (Wildman–Crippen LogP) is 1.28. The van der Waals surface area contributed by atoms with E-state index in [1.165, 1.54) is 12.1 Å². The van der Waals surface area contributed by atoms with Gasteiger partial charge in [0, 0.05) is 0 Å². The molecule has 0 aliphatic rings. The topological polar surface area (TPSA) is 95.6 Å². The fourth-order valence-electron chi connectivity index (χ4n) is 2.10. The summed E-state index contributed by atoms with van der Waals surface area (Å²) in [5.41, 5.74) is -0.845. The highest BCUT2D eigenvalue weighted by molar-refractivity contribution is 6.01. The van der Waals surface area contributed by atoms with Gasteiger partial charge in [-0.2, -0.15) is 13.2 Å². The van der Waals surface area contributed by atoms with E-state index in [-0.39, 0.29) is 16.6 Å². The SMILES string of the molecule is O=C(O)c1cccc2nc(C(F)(F)F)n(C(CO)CO)c12. The summed E-state index contributed by atoms with van der Waals surface area (Å²) in [6, 6.07) is 2.30. The van der Waals surface area contributed by atoms with Crippen molar-refractivity contribution in [3.05, 3.63) is 29.6 Å². The number of carbonyl (C=O) groups is 1. The minimum absolute atomic E-state index is 0.172. The lowest BCUT2D eigenvalue weighted by molar-refractivity contribution is -0.148. The van der Waals surface area contributed by atoms with Crippen molar-refractivity contribution in [2.24, 2.45) is 0 Å². The number of aliphatic hydroxyl groups excluding tert-OH is 2. The number of aromatic nitrogens is 2. The van der Waals surface area contributed by atoms with E-state index in [1.807, 2.05) is 0 Å². The Balaban J connectivity index is 2.89. The molecule has 1 heterocycles. The molecule has 1 aromatic heterocycles. The number of alkyl halides is 3. The summed E-state index contributed by atoms with van der Waals surface area (Å²) in [4.78, 5) is 14.6. The summed E-state index contributed by atoms with van der Waals surface area (Å²) < 4.78 is 39.7. The second-order valence-corrected chi connectivity index (χ2v) is 4.30. The summed E-state index contributed by atoms with van der Waals surface area (Å²) in [7, 11) is 0. The van der Waals surface area contributed by atoms with E-state index in [2.05, 4.69) is 4.98 Å². The molecule has 6 nitrogen and oxygen atoms in total. The molecule has 1 aromatic carbocycles. The molecule has 21 heavy (non-hydrogen) atoms. The maximum Gasteiger partial charge on any atom is 0.449 e. The molecule has 0 radical (unpaired) electrons. The average molecular weight is 304 g/mol. The van der Waals surface area contributed by atoms with Crippen molar-refractivity contribution in [1.82, 2.24) is 9.55 Å². The highest BCUT2D eigenvalue weighted by atomic mass is 19.4. The first kappa shape index (κ1) is 15.3. The molecule has 0 saturated carbocycles. The first-order valence-corrected chi connectivity index (χ1v) is 5.84. The fraction of sp³-hybridized carbons (Fsp3) is 0.333. The number of para-hydroxylation sites is 1. The summed E-state index contributed by atoms with van der Waals surface area (Å²) in [5.74, 6) is -2.79. The quantitative estimate of drug-likeness (QED) is 0.791. The van der Waals surface area contributed by atoms with Crippen molar-refractivity contribution in [3.8, 4) is 0 Å². The largest absolute Gasteiger partial charge is 0.478 e. The van der Waals surface area contributed by atoms with Crippen molar-refractivity contribution in [2.45, 2.75) is 12.2 Å². The van der Waals surface area contributed by atoms with E-state index in [9.17, 15) is 18.0 Å². The van der Waals surface area contributed by atoms with Crippen molar-refractivity contribution in [1.29, 1.82) is 0 Å². The Labute approximate surface area is 116 Å². The van der Waals surface area contributed by atoms with Crippen LogP contribution in [0.25, 0.3) is 11.0 Å². The number of nitrogens with zero attached hydrogens (tertiary/aromatic N) is 2. The molecule has 0 unspecified atom stereocenters. The van der Waals surface area contributed by atoms with Crippen LogP contribution in [0.3, 0.4) is 0 Å².